The first-order chi connectivity index (χ1) is 38.7. The summed E-state index contributed by atoms with van der Waals surface area (Å²) in [6.07, 6.45) is 0. The van der Waals surface area contributed by atoms with Crippen molar-refractivity contribution in [3.63, 3.8) is 0 Å². The molecule has 0 fully saturated rings. The second-order valence-corrected chi connectivity index (χ2v) is 25.1. The van der Waals surface area contributed by atoms with Gasteiger partial charge in [-0.1, -0.05) is 243 Å². The fourth-order valence-corrected chi connectivity index (χ4v) is 15.0. The Kier molecular flexibility index (Phi) is 9.59. The molecule has 2 heterocycles. The van der Waals surface area contributed by atoms with Gasteiger partial charge in [-0.2, -0.15) is 0 Å². The number of fused-ring (bicyclic) bond motifs is 15. The number of hydrogen-bond acceptors (Lipinski definition) is 2. The lowest BCUT2D eigenvalue weighted by Gasteiger charge is -2.37. The van der Waals surface area contributed by atoms with Gasteiger partial charge in [0, 0.05) is 60.6 Å². The Balaban J connectivity index is 0.902. The standard InChI is InChI=1S/C78H60O2/c1-75(2)59-25-15-14-23-55(59)70-61(75)37-40-65-74(70)80-72-52(24-18-27-63(72)78(65,7)8)50-33-35-54-58(43-50)68(46-20-10-9-11-21-46)53-34-31-48(42-57(53)69(54)51-30-29-45-19-12-13-22-47(45)41-51)49-32-36-56-66(44-49)77(5,6)62-38-39-64-73(71(56)62)79-67-28-17-16-26-60(67)76(64,3)4/h9-44H,1-8H3. The summed E-state index contributed by atoms with van der Waals surface area (Å²) >= 11 is 0. The molecule has 0 saturated carbocycles. The number of hydrogen-bond donors (Lipinski definition) is 0. The first-order valence-corrected chi connectivity index (χ1v) is 28.5. The van der Waals surface area contributed by atoms with Gasteiger partial charge < -0.3 is 9.47 Å². The lowest BCUT2D eigenvalue weighted by Crippen LogP contribution is -2.25. The fraction of sp³-hybridized carbons (Fsp3) is 0.154. The van der Waals surface area contributed by atoms with E-state index in [2.05, 4.69) is 274 Å². The van der Waals surface area contributed by atoms with Gasteiger partial charge in [-0.25, -0.2) is 0 Å². The Hall–Kier alpha value is -8.98. The van der Waals surface area contributed by atoms with Crippen molar-refractivity contribution < 1.29 is 9.47 Å². The van der Waals surface area contributed by atoms with E-state index < -0.39 is 0 Å². The summed E-state index contributed by atoms with van der Waals surface area (Å²) in [5.74, 6) is 3.85. The Morgan fingerprint density at radius 2 is 0.725 bits per heavy atom. The van der Waals surface area contributed by atoms with Crippen molar-refractivity contribution in [3.05, 3.63) is 263 Å². The lowest BCUT2D eigenvalue weighted by atomic mass is 9.73. The van der Waals surface area contributed by atoms with Crippen molar-refractivity contribution in [2.75, 3.05) is 0 Å². The number of rotatable bonds is 4. The SMILES string of the molecule is CC1(C)c2ccccc2Oc2c1ccc1c2-c2ccc(-c3ccc4c(-c5ccccc5)c5cc(-c6cccc7c6Oc6c(ccc8c6-c6ccccc6C8(C)C)C7(C)C)ccc5c(-c5ccc6ccccc6c5)c4c3)cc2C1(C)C. The van der Waals surface area contributed by atoms with Gasteiger partial charge in [0.25, 0.3) is 0 Å². The average molecular weight is 1030 g/mol. The zero-order valence-corrected chi connectivity index (χ0v) is 46.6. The zero-order chi connectivity index (χ0) is 54.2. The second kappa shape index (κ2) is 16.3. The van der Waals surface area contributed by atoms with Gasteiger partial charge in [-0.05, 0) is 135 Å². The summed E-state index contributed by atoms with van der Waals surface area (Å²) < 4.78 is 14.4. The molecule has 2 aliphatic heterocycles. The molecule has 2 nitrogen and oxygen atoms in total. The summed E-state index contributed by atoms with van der Waals surface area (Å²) in [6, 6.07) is 81.9. The van der Waals surface area contributed by atoms with Gasteiger partial charge >= 0.3 is 0 Å². The lowest BCUT2D eigenvalue weighted by molar-refractivity contribution is 0.419. The van der Waals surface area contributed by atoms with Crippen LogP contribution in [0.5, 0.6) is 23.0 Å². The van der Waals surface area contributed by atoms with Crippen LogP contribution in [0.4, 0.5) is 0 Å². The molecule has 0 amide bonds. The number of benzene rings is 12. The van der Waals surface area contributed by atoms with E-state index in [-0.39, 0.29) is 21.7 Å². The number of para-hydroxylation sites is 2. The molecule has 384 valence electrons. The van der Waals surface area contributed by atoms with Crippen LogP contribution in [0.2, 0.25) is 0 Å². The van der Waals surface area contributed by atoms with E-state index in [1.165, 1.54) is 132 Å². The monoisotopic (exact) mass is 1030 g/mol. The maximum atomic E-state index is 7.48. The molecule has 0 unspecified atom stereocenters. The Morgan fingerprint density at radius 3 is 1.48 bits per heavy atom. The van der Waals surface area contributed by atoms with Crippen molar-refractivity contribution in [2.24, 2.45) is 0 Å². The molecule has 0 N–H and O–H groups in total. The van der Waals surface area contributed by atoms with Crippen LogP contribution in [-0.2, 0) is 21.7 Å². The van der Waals surface area contributed by atoms with Crippen molar-refractivity contribution in [1.29, 1.82) is 0 Å². The second-order valence-electron chi connectivity index (χ2n) is 25.1. The highest BCUT2D eigenvalue weighted by Crippen LogP contribution is 2.62. The maximum absolute atomic E-state index is 7.48. The fourth-order valence-electron chi connectivity index (χ4n) is 15.0. The normalized spacial score (nSPS) is 15.8. The molecular weight excluding hydrogens is 969 g/mol. The molecule has 80 heavy (non-hydrogen) atoms. The summed E-state index contributed by atoms with van der Waals surface area (Å²) in [5.41, 5.74) is 23.7. The summed E-state index contributed by atoms with van der Waals surface area (Å²) in [6.45, 7) is 18.8. The first kappa shape index (κ1) is 47.1. The van der Waals surface area contributed by atoms with Gasteiger partial charge in [-0.3, -0.25) is 0 Å². The average Bonchev–Trinajstić information content (AvgIpc) is 3.96. The predicted molar refractivity (Wildman–Crippen MR) is 333 cm³/mol. The minimum absolute atomic E-state index is 0.140. The van der Waals surface area contributed by atoms with E-state index in [1.54, 1.807) is 0 Å². The number of ether oxygens (including phenoxy) is 2. The van der Waals surface area contributed by atoms with Crippen molar-refractivity contribution >= 4 is 32.3 Å². The third-order valence-corrected chi connectivity index (χ3v) is 19.4. The molecule has 2 aliphatic carbocycles. The quantitative estimate of drug-likeness (QED) is 0.164. The first-order valence-electron chi connectivity index (χ1n) is 28.5. The molecule has 0 atom stereocenters. The Labute approximate surface area is 469 Å². The van der Waals surface area contributed by atoms with Crippen LogP contribution in [0.3, 0.4) is 0 Å². The van der Waals surface area contributed by atoms with E-state index >= 15 is 0 Å². The minimum Gasteiger partial charge on any atom is -0.456 e. The molecule has 0 bridgehead atoms. The van der Waals surface area contributed by atoms with E-state index in [4.69, 9.17) is 9.47 Å². The van der Waals surface area contributed by atoms with Crippen molar-refractivity contribution in [2.45, 2.75) is 77.0 Å². The summed E-state index contributed by atoms with van der Waals surface area (Å²) in [4.78, 5) is 0. The van der Waals surface area contributed by atoms with Crippen LogP contribution >= 0.6 is 0 Å². The van der Waals surface area contributed by atoms with Crippen LogP contribution in [0.15, 0.2) is 218 Å². The maximum Gasteiger partial charge on any atom is 0.139 e. The largest absolute Gasteiger partial charge is 0.456 e. The van der Waals surface area contributed by atoms with Crippen LogP contribution in [-0.4, -0.2) is 0 Å². The molecule has 0 radical (unpaired) electrons. The van der Waals surface area contributed by atoms with Crippen molar-refractivity contribution in [1.82, 2.24) is 0 Å². The van der Waals surface area contributed by atoms with Gasteiger partial charge in [0.05, 0.1) is 0 Å². The summed E-state index contributed by atoms with van der Waals surface area (Å²) in [5, 5.41) is 7.30. The van der Waals surface area contributed by atoms with Gasteiger partial charge in [0.2, 0.25) is 0 Å². The topological polar surface area (TPSA) is 18.5 Å². The molecule has 0 saturated heterocycles. The Bertz CT molecular complexity index is 4700. The summed E-state index contributed by atoms with van der Waals surface area (Å²) in [7, 11) is 0. The van der Waals surface area contributed by atoms with Gasteiger partial charge in [-0.15, -0.1) is 0 Å². The molecule has 0 spiro atoms. The van der Waals surface area contributed by atoms with Crippen LogP contribution in [0.1, 0.15) is 99.9 Å². The molecule has 2 heteroatoms. The van der Waals surface area contributed by atoms with Crippen LogP contribution < -0.4 is 9.47 Å². The highest BCUT2D eigenvalue weighted by molar-refractivity contribution is 6.23. The van der Waals surface area contributed by atoms with E-state index in [0.29, 0.717) is 0 Å². The highest BCUT2D eigenvalue weighted by Gasteiger charge is 2.45. The Morgan fingerprint density at radius 1 is 0.237 bits per heavy atom. The molecule has 12 aromatic carbocycles. The highest BCUT2D eigenvalue weighted by atomic mass is 16.5. The zero-order valence-electron chi connectivity index (χ0n) is 46.6. The molecule has 0 aromatic heterocycles. The smallest absolute Gasteiger partial charge is 0.139 e. The van der Waals surface area contributed by atoms with Crippen LogP contribution in [0.25, 0.3) is 99.1 Å². The third kappa shape index (κ3) is 6.36. The van der Waals surface area contributed by atoms with E-state index in [0.717, 1.165) is 34.1 Å². The third-order valence-electron chi connectivity index (χ3n) is 19.4. The molecule has 12 aromatic rings. The van der Waals surface area contributed by atoms with Crippen molar-refractivity contribution in [3.8, 4) is 89.8 Å². The van der Waals surface area contributed by atoms with Gasteiger partial charge in [0.15, 0.2) is 0 Å². The molecule has 16 rings (SSSR count). The molecular formula is C78H60O2. The van der Waals surface area contributed by atoms with E-state index in [1.807, 2.05) is 0 Å². The van der Waals surface area contributed by atoms with Crippen LogP contribution in [0, 0.1) is 0 Å². The minimum atomic E-state index is -0.310. The van der Waals surface area contributed by atoms with E-state index in [9.17, 15) is 0 Å². The van der Waals surface area contributed by atoms with Gasteiger partial charge in [0.1, 0.15) is 23.0 Å². The molecule has 4 aliphatic rings. The predicted octanol–water partition coefficient (Wildman–Crippen LogP) is 21.3.